The number of carbonyl (C=O) groups excluding carboxylic acids is 1. The Morgan fingerprint density at radius 3 is 2.71 bits per heavy atom. The first kappa shape index (κ1) is 23.8. The molecule has 1 aliphatic rings. The van der Waals surface area contributed by atoms with Gasteiger partial charge in [0.25, 0.3) is 5.91 Å². The van der Waals surface area contributed by atoms with Crippen LogP contribution >= 0.6 is 0 Å². The van der Waals surface area contributed by atoms with E-state index in [0.29, 0.717) is 29.6 Å². The van der Waals surface area contributed by atoms with E-state index in [9.17, 15) is 4.79 Å². The smallest absolute Gasteiger partial charge is 0.254 e. The average molecular weight is 490 g/mol. The molecule has 1 amide bonds. The minimum Gasteiger partial charge on any atom is -0.480 e. The molecule has 4 rings (SSSR count). The van der Waals surface area contributed by atoms with Crippen molar-refractivity contribution in [3.8, 4) is 17.1 Å². The van der Waals surface area contributed by atoms with Crippen LogP contribution in [0.4, 0.5) is 0 Å². The number of nitrogens with zero attached hydrogens (tertiary/aromatic N) is 3. The molecule has 31 heavy (non-hydrogen) atoms. The summed E-state index contributed by atoms with van der Waals surface area (Å²) in [7, 11) is 1.60. The Morgan fingerprint density at radius 1 is 1.19 bits per heavy atom. The van der Waals surface area contributed by atoms with Crippen LogP contribution in [0.15, 0.2) is 36.4 Å². The first-order valence-electron chi connectivity index (χ1n) is 10.5. The third kappa shape index (κ3) is 4.54. The molecule has 159 valence electrons. The van der Waals surface area contributed by atoms with Crippen LogP contribution in [0.5, 0.6) is 5.88 Å². The summed E-state index contributed by atoms with van der Waals surface area (Å²) < 4.78 is 5.56. The van der Waals surface area contributed by atoms with E-state index in [1.807, 2.05) is 41.3 Å². The molecule has 6 heteroatoms. The molecule has 3 aromatic rings. The molecule has 1 aromatic heterocycles. The van der Waals surface area contributed by atoms with E-state index in [1.165, 1.54) is 0 Å². The van der Waals surface area contributed by atoms with Gasteiger partial charge in [0.15, 0.2) is 0 Å². The molecule has 1 radical (unpaired) electrons. The Balaban J connectivity index is 0.00000272. The molecule has 2 heterocycles. The van der Waals surface area contributed by atoms with Gasteiger partial charge in [-0.2, -0.15) is 31.5 Å². The van der Waals surface area contributed by atoms with Crippen molar-refractivity contribution < 1.29 is 42.2 Å². The second-order valence-electron chi connectivity index (χ2n) is 7.95. The van der Waals surface area contributed by atoms with Crippen molar-refractivity contribution in [2.75, 3.05) is 7.11 Å². The largest absolute Gasteiger partial charge is 0.480 e. The van der Waals surface area contributed by atoms with Crippen LogP contribution in [0.25, 0.3) is 22.3 Å². The third-order valence-electron chi connectivity index (χ3n) is 6.13. The monoisotopic (exact) mass is 490 g/mol. The Bertz CT molecular complexity index is 1090. The van der Waals surface area contributed by atoms with Gasteiger partial charge in [-0.15, -0.1) is 6.07 Å². The van der Waals surface area contributed by atoms with Gasteiger partial charge in [-0.25, -0.2) is 0 Å². The van der Waals surface area contributed by atoms with Crippen LogP contribution in [0, 0.1) is 18.4 Å². The van der Waals surface area contributed by atoms with Gasteiger partial charge in [-0.05, 0) is 35.5 Å². The molecule has 1 aliphatic heterocycles. The summed E-state index contributed by atoms with van der Waals surface area (Å²) in [5, 5.41) is 0. The van der Waals surface area contributed by atoms with Crippen LogP contribution in [-0.4, -0.2) is 33.9 Å². The van der Waals surface area contributed by atoms with Gasteiger partial charge in [-0.1, -0.05) is 25.5 Å². The predicted octanol–water partition coefficient (Wildman–Crippen LogP) is 5.09. The molecule has 2 unspecified atom stereocenters. The van der Waals surface area contributed by atoms with Gasteiger partial charge >= 0.3 is 0 Å². The maximum Gasteiger partial charge on any atom is 0.254 e. The SMILES string of the molecule is C[CH-]CCC(C)C(C)N1Cc2c(cccc2-c2nc3[c-]cccc3nc2OC)C1=O.[Y]. The summed E-state index contributed by atoms with van der Waals surface area (Å²) in [5.41, 5.74) is 4.71. The van der Waals surface area contributed by atoms with Gasteiger partial charge in [0.05, 0.1) is 7.11 Å². The van der Waals surface area contributed by atoms with E-state index >= 15 is 0 Å². The van der Waals surface area contributed by atoms with Crippen molar-refractivity contribution in [3.63, 3.8) is 0 Å². The zero-order valence-electron chi connectivity index (χ0n) is 18.6. The van der Waals surface area contributed by atoms with Crippen LogP contribution in [0.1, 0.15) is 49.5 Å². The number of amides is 1. The normalized spacial score (nSPS) is 14.8. The second-order valence-corrected chi connectivity index (χ2v) is 7.95. The maximum absolute atomic E-state index is 13.2. The van der Waals surface area contributed by atoms with Crippen LogP contribution in [0.3, 0.4) is 0 Å². The molecule has 0 bridgehead atoms. The Morgan fingerprint density at radius 2 is 1.97 bits per heavy atom. The summed E-state index contributed by atoms with van der Waals surface area (Å²) in [6, 6.07) is 14.7. The number of aromatic nitrogens is 2. The second kappa shape index (κ2) is 10.2. The number of methoxy groups -OCH3 is 1. The Kier molecular flexibility index (Phi) is 7.82. The molecular formula is C25H27N3O2Y-2. The number of unbranched alkanes of at least 4 members (excludes halogenated alkanes) is 1. The number of fused-ring (bicyclic) bond motifs is 2. The Hall–Kier alpha value is -1.85. The van der Waals surface area contributed by atoms with E-state index in [4.69, 9.17) is 9.72 Å². The minimum absolute atomic E-state index is 0. The van der Waals surface area contributed by atoms with E-state index < -0.39 is 0 Å². The van der Waals surface area contributed by atoms with Crippen molar-refractivity contribution in [1.29, 1.82) is 0 Å². The number of rotatable bonds is 7. The van der Waals surface area contributed by atoms with Crippen molar-refractivity contribution >= 4 is 16.9 Å². The molecule has 0 aliphatic carbocycles. The molecule has 2 aromatic carbocycles. The summed E-state index contributed by atoms with van der Waals surface area (Å²) in [5.74, 6) is 0.972. The predicted molar refractivity (Wildman–Crippen MR) is 118 cm³/mol. The zero-order chi connectivity index (χ0) is 21.3. The van der Waals surface area contributed by atoms with Crippen LogP contribution in [0.2, 0.25) is 0 Å². The van der Waals surface area contributed by atoms with E-state index in [2.05, 4.69) is 38.2 Å². The van der Waals surface area contributed by atoms with E-state index in [0.717, 1.165) is 35.0 Å². The van der Waals surface area contributed by atoms with Crippen molar-refractivity contribution in [2.45, 2.75) is 46.2 Å². The summed E-state index contributed by atoms with van der Waals surface area (Å²) >= 11 is 0. The quantitative estimate of drug-likeness (QED) is 0.433. The van der Waals surface area contributed by atoms with Gasteiger partial charge in [0, 0.05) is 56.4 Å². The first-order chi connectivity index (χ1) is 14.5. The summed E-state index contributed by atoms with van der Waals surface area (Å²) in [4.78, 5) is 24.6. The van der Waals surface area contributed by atoms with Gasteiger partial charge < -0.3 is 16.1 Å². The van der Waals surface area contributed by atoms with Crippen molar-refractivity contribution in [3.05, 3.63) is 60.0 Å². The third-order valence-corrected chi connectivity index (χ3v) is 6.13. The topological polar surface area (TPSA) is 55.3 Å². The molecule has 0 N–H and O–H groups in total. The van der Waals surface area contributed by atoms with Gasteiger partial charge in [0.1, 0.15) is 5.69 Å². The van der Waals surface area contributed by atoms with Gasteiger partial charge in [0.2, 0.25) is 5.88 Å². The number of ether oxygens (including phenoxy) is 1. The standard InChI is InChI=1S/C25H27N3O2.Y/c1-5-6-10-16(2)17(3)28-15-20-18(11-9-12-19(20)25(28)29)23-24(30-4)27-22-14-8-7-13-21(22)26-23;/h5,7-9,11-12,14,16-17H,6,10,15H2,1-4H3;/q-2;. The molecule has 5 nitrogen and oxygen atoms in total. The van der Waals surface area contributed by atoms with Crippen molar-refractivity contribution in [2.24, 2.45) is 5.92 Å². The zero-order valence-corrected chi connectivity index (χ0v) is 21.4. The van der Waals surface area contributed by atoms with Gasteiger partial charge in [-0.3, -0.25) is 14.8 Å². The fourth-order valence-electron chi connectivity index (χ4n) is 4.12. The minimum atomic E-state index is 0. The fraction of sp³-hybridized carbons (Fsp3) is 0.360. The number of hydrogen-bond acceptors (Lipinski definition) is 4. The summed E-state index contributed by atoms with van der Waals surface area (Å²) in [6.07, 6.45) is 4.32. The van der Waals surface area contributed by atoms with Crippen molar-refractivity contribution in [1.82, 2.24) is 14.9 Å². The van der Waals surface area contributed by atoms with Crippen LogP contribution < -0.4 is 4.74 Å². The number of benzene rings is 2. The van der Waals surface area contributed by atoms with E-state index in [-0.39, 0.29) is 44.7 Å². The summed E-state index contributed by atoms with van der Waals surface area (Å²) in [6.45, 7) is 7.02. The molecule has 0 spiro atoms. The number of hydrogen-bond donors (Lipinski definition) is 0. The molecule has 2 atom stereocenters. The number of para-hydroxylation sites is 1. The van der Waals surface area contributed by atoms with Crippen LogP contribution in [-0.2, 0) is 39.3 Å². The molecular weight excluding hydrogens is 463 g/mol. The first-order valence-corrected chi connectivity index (χ1v) is 10.5. The molecule has 0 fully saturated rings. The average Bonchev–Trinajstić information content (AvgIpc) is 3.12. The van der Waals surface area contributed by atoms with E-state index in [1.54, 1.807) is 7.11 Å². The molecule has 0 saturated heterocycles. The maximum atomic E-state index is 13.2. The molecule has 0 saturated carbocycles. The fourth-order valence-corrected chi connectivity index (χ4v) is 4.12. The number of carbonyl (C=O) groups is 1. The Labute approximate surface area is 209 Å².